The number of alkyl halides is 9. The summed E-state index contributed by atoms with van der Waals surface area (Å²) < 4.78 is 158. The summed E-state index contributed by atoms with van der Waals surface area (Å²) in [4.78, 5) is 0. The molecule has 54 heavy (non-hydrogen) atoms. The number of benzene rings is 3. The average Bonchev–Trinajstić information content (AvgIpc) is 3.64. The largest absolute Gasteiger partial charge is 0.417 e. The van der Waals surface area contributed by atoms with E-state index in [1.165, 1.54) is 42.5 Å². The molecular weight excluding hydrogens is 739 g/mol. The molecule has 2 aliphatic rings. The Morgan fingerprint density at radius 1 is 0.444 bits per heavy atom. The van der Waals surface area contributed by atoms with E-state index >= 15 is 8.78 Å². The highest BCUT2D eigenvalue weighted by molar-refractivity contribution is 6.30. The van der Waals surface area contributed by atoms with E-state index in [1.54, 1.807) is 0 Å². The zero-order chi connectivity index (χ0) is 40.2. The van der Waals surface area contributed by atoms with Crippen LogP contribution in [0, 0.1) is 91.0 Å². The second-order valence-corrected chi connectivity index (χ2v) is 10.9. The lowest BCUT2D eigenvalue weighted by Gasteiger charge is -2.18. The summed E-state index contributed by atoms with van der Waals surface area (Å²) in [6.45, 7) is 0. The molecule has 0 bridgehead atoms. The number of halogens is 11. The highest BCUT2D eigenvalue weighted by Crippen LogP contribution is 2.57. The molecule has 7 nitrogen and oxygen atoms in total. The standard InChI is InChI=1S/C36H6F11N7/c37-32-28-19(12-53)24(14-1-3-21(34(39,40)41)16(5-14)7-48)26(17(8-49)9-50)30(28)33(38)29-20(13-54)25(27(31(29)32)18(10-51)11-52)15-2-4-22(35(42,43)44)23(6-15)36(45,46)47/h1-6H. The summed E-state index contributed by atoms with van der Waals surface area (Å²) in [6, 6.07) is 11.3. The summed E-state index contributed by atoms with van der Waals surface area (Å²) in [7, 11) is 0. The number of rotatable bonds is 2. The van der Waals surface area contributed by atoms with Gasteiger partial charge in [0.25, 0.3) is 0 Å². The molecule has 0 fully saturated rings. The second-order valence-electron chi connectivity index (χ2n) is 10.9. The Hall–Kier alpha value is -7.72. The van der Waals surface area contributed by atoms with E-state index in [9.17, 15) is 76.3 Å². The minimum atomic E-state index is -5.72. The Morgan fingerprint density at radius 3 is 1.15 bits per heavy atom. The van der Waals surface area contributed by atoms with E-state index in [1.807, 2.05) is 0 Å². The Bertz CT molecular complexity index is 2680. The van der Waals surface area contributed by atoms with Crippen LogP contribution < -0.4 is 0 Å². The summed E-state index contributed by atoms with van der Waals surface area (Å²) in [5.74, 6) is -3.59. The molecule has 3 aromatic carbocycles. The molecule has 0 atom stereocenters. The second kappa shape index (κ2) is 12.8. The van der Waals surface area contributed by atoms with Crippen molar-refractivity contribution >= 4 is 33.4 Å². The predicted octanol–water partition coefficient (Wildman–Crippen LogP) is 9.39. The van der Waals surface area contributed by atoms with Gasteiger partial charge in [0.15, 0.2) is 0 Å². The maximum absolute atomic E-state index is 17.1. The van der Waals surface area contributed by atoms with E-state index in [4.69, 9.17) is 0 Å². The Kier molecular flexibility index (Phi) is 8.90. The van der Waals surface area contributed by atoms with E-state index in [0.717, 1.165) is 0 Å². The van der Waals surface area contributed by atoms with Crippen molar-refractivity contribution in [3.63, 3.8) is 0 Å². The van der Waals surface area contributed by atoms with Crippen molar-refractivity contribution < 1.29 is 48.3 Å². The predicted molar refractivity (Wildman–Crippen MR) is 160 cm³/mol. The van der Waals surface area contributed by atoms with E-state index in [2.05, 4.69) is 0 Å². The number of hydrogen-bond acceptors (Lipinski definition) is 7. The van der Waals surface area contributed by atoms with E-state index < -0.39 is 130 Å². The SMILES string of the molecule is N#CC(C#N)=C1C(c2ccc(C(F)(F)F)c(C#N)c2)=C(C#N)c2c(F)c3c(c(F)c21)C(C#N)=C(c1ccc(C(F)(F)F)c(C(F)(F)F)c1)C3=C(C#N)C#N. The third kappa shape index (κ3) is 5.55. The van der Waals surface area contributed by atoms with Gasteiger partial charge in [0, 0.05) is 44.5 Å². The fraction of sp³-hybridized carbons (Fsp3) is 0.0833. The van der Waals surface area contributed by atoms with Gasteiger partial charge in [-0.3, -0.25) is 0 Å². The molecule has 0 N–H and O–H groups in total. The lowest BCUT2D eigenvalue weighted by molar-refractivity contribution is -0.162. The molecule has 0 aromatic heterocycles. The molecule has 18 heteroatoms. The average molecular weight is 745 g/mol. The first-order valence-electron chi connectivity index (χ1n) is 14.1. The van der Waals surface area contributed by atoms with Crippen LogP contribution in [0.3, 0.4) is 0 Å². The maximum Gasteiger partial charge on any atom is 0.417 e. The van der Waals surface area contributed by atoms with Crippen molar-refractivity contribution in [2.45, 2.75) is 18.5 Å². The fourth-order valence-electron chi connectivity index (χ4n) is 6.17. The normalized spacial score (nSPS) is 13.5. The van der Waals surface area contributed by atoms with Gasteiger partial charge in [-0.15, -0.1) is 0 Å². The lowest BCUT2D eigenvalue weighted by atomic mass is 9.88. The van der Waals surface area contributed by atoms with Gasteiger partial charge < -0.3 is 0 Å². The van der Waals surface area contributed by atoms with Gasteiger partial charge in [-0.05, 0) is 35.4 Å². The molecule has 0 spiro atoms. The zero-order valence-corrected chi connectivity index (χ0v) is 25.8. The fourth-order valence-corrected chi connectivity index (χ4v) is 6.17. The van der Waals surface area contributed by atoms with Crippen molar-refractivity contribution in [1.29, 1.82) is 36.8 Å². The van der Waals surface area contributed by atoms with Crippen LogP contribution in [-0.4, -0.2) is 0 Å². The summed E-state index contributed by atoms with van der Waals surface area (Å²) >= 11 is 0. The highest BCUT2D eigenvalue weighted by atomic mass is 19.4. The third-order valence-corrected chi connectivity index (χ3v) is 8.20. The summed E-state index contributed by atoms with van der Waals surface area (Å²) in [5.41, 5.74) is -21.5. The van der Waals surface area contributed by atoms with Crippen LogP contribution in [0.15, 0.2) is 47.5 Å². The van der Waals surface area contributed by atoms with Crippen LogP contribution in [0.5, 0.6) is 0 Å². The third-order valence-electron chi connectivity index (χ3n) is 8.20. The number of hydrogen-bond donors (Lipinski definition) is 0. The van der Waals surface area contributed by atoms with Gasteiger partial charge in [-0.2, -0.15) is 76.3 Å². The van der Waals surface area contributed by atoms with Crippen LogP contribution in [0.2, 0.25) is 0 Å². The van der Waals surface area contributed by atoms with Crippen LogP contribution in [0.1, 0.15) is 55.6 Å². The van der Waals surface area contributed by atoms with Crippen molar-refractivity contribution in [2.24, 2.45) is 0 Å². The first kappa shape index (κ1) is 37.5. The molecule has 0 saturated carbocycles. The minimum Gasteiger partial charge on any atom is -0.206 e. The molecule has 0 heterocycles. The molecule has 0 amide bonds. The van der Waals surface area contributed by atoms with Gasteiger partial charge >= 0.3 is 18.5 Å². The van der Waals surface area contributed by atoms with Gasteiger partial charge in [-0.1, -0.05) is 12.1 Å². The molecular formula is C36H6F11N7. The van der Waals surface area contributed by atoms with Crippen molar-refractivity contribution in [2.75, 3.05) is 0 Å². The summed E-state index contributed by atoms with van der Waals surface area (Å²) in [5, 5.41) is 69.1. The van der Waals surface area contributed by atoms with Gasteiger partial charge in [0.05, 0.1) is 39.5 Å². The van der Waals surface area contributed by atoms with Crippen LogP contribution in [-0.2, 0) is 18.5 Å². The molecule has 3 aromatic rings. The molecule has 0 aliphatic heterocycles. The van der Waals surface area contributed by atoms with Crippen LogP contribution >= 0.6 is 0 Å². The van der Waals surface area contributed by atoms with Crippen LogP contribution in [0.25, 0.3) is 33.4 Å². The molecule has 0 unspecified atom stereocenters. The quantitative estimate of drug-likeness (QED) is 0.186. The first-order chi connectivity index (χ1) is 25.3. The smallest absolute Gasteiger partial charge is 0.206 e. The summed E-state index contributed by atoms with van der Waals surface area (Å²) in [6.07, 6.45) is -16.4. The Morgan fingerprint density at radius 2 is 0.815 bits per heavy atom. The number of fused-ring (bicyclic) bond motifs is 2. The number of nitrogens with zero attached hydrogens (tertiary/aromatic N) is 7. The van der Waals surface area contributed by atoms with Crippen LogP contribution in [0.4, 0.5) is 48.3 Å². The lowest BCUT2D eigenvalue weighted by Crippen LogP contribution is -2.16. The number of allylic oxidation sites excluding steroid dienone is 8. The number of nitriles is 7. The highest BCUT2D eigenvalue weighted by Gasteiger charge is 2.47. The zero-order valence-electron chi connectivity index (χ0n) is 25.8. The van der Waals surface area contributed by atoms with Gasteiger partial charge in [0.2, 0.25) is 0 Å². The topological polar surface area (TPSA) is 167 Å². The van der Waals surface area contributed by atoms with Gasteiger partial charge in [0.1, 0.15) is 59.2 Å². The molecule has 0 saturated heterocycles. The van der Waals surface area contributed by atoms with Gasteiger partial charge in [-0.25, -0.2) is 8.78 Å². The maximum atomic E-state index is 17.1. The van der Waals surface area contributed by atoms with Crippen molar-refractivity contribution in [3.8, 4) is 42.5 Å². The van der Waals surface area contributed by atoms with E-state index in [0.29, 0.717) is 24.3 Å². The first-order valence-corrected chi connectivity index (χ1v) is 14.1. The Labute approximate surface area is 294 Å². The Balaban J connectivity index is 2.00. The molecule has 2 aliphatic carbocycles. The van der Waals surface area contributed by atoms with E-state index in [-0.39, 0.29) is 12.1 Å². The minimum absolute atomic E-state index is 0.0544. The molecule has 5 rings (SSSR count). The van der Waals surface area contributed by atoms with Crippen molar-refractivity contribution in [1.82, 2.24) is 0 Å². The van der Waals surface area contributed by atoms with Crippen molar-refractivity contribution in [3.05, 3.63) is 115 Å². The molecule has 262 valence electrons. The monoisotopic (exact) mass is 745 g/mol. The molecule has 0 radical (unpaired) electrons.